The van der Waals surface area contributed by atoms with Crippen molar-refractivity contribution in [3.63, 3.8) is 0 Å². The second-order valence-corrected chi connectivity index (χ2v) is 9.17. The summed E-state index contributed by atoms with van der Waals surface area (Å²) in [5.74, 6) is 0.803. The molecule has 3 rings (SSSR count). The number of benzene rings is 1. The fourth-order valence-corrected chi connectivity index (χ4v) is 5.08. The molecule has 0 spiro atoms. The summed E-state index contributed by atoms with van der Waals surface area (Å²) >= 11 is 1.43. The molecule has 0 atom stereocenters. The van der Waals surface area contributed by atoms with Crippen LogP contribution in [0.4, 0.5) is 5.13 Å². The molecule has 1 aliphatic rings. The number of sulfonamides is 1. The van der Waals surface area contributed by atoms with Gasteiger partial charge in [0.1, 0.15) is 0 Å². The number of nitrogens with one attached hydrogen (secondary N) is 1. The van der Waals surface area contributed by atoms with Crippen molar-refractivity contribution in [3.8, 4) is 0 Å². The lowest BCUT2D eigenvalue weighted by Crippen LogP contribution is -2.32. The Bertz CT molecular complexity index is 779. The first-order valence-corrected chi connectivity index (χ1v) is 10.5. The summed E-state index contributed by atoms with van der Waals surface area (Å²) in [4.78, 5) is 8.22. The molecular formula is C17H23N3O2S2. The molecule has 0 saturated carbocycles. The summed E-state index contributed by atoms with van der Waals surface area (Å²) < 4.78 is 27.4. The van der Waals surface area contributed by atoms with Gasteiger partial charge in [0.15, 0.2) is 5.13 Å². The van der Waals surface area contributed by atoms with Gasteiger partial charge in [0.25, 0.3) is 10.0 Å². The minimum Gasteiger partial charge on any atom is -0.298 e. The summed E-state index contributed by atoms with van der Waals surface area (Å²) in [6.07, 6.45) is 2.46. The minimum absolute atomic E-state index is 0.254. The summed E-state index contributed by atoms with van der Waals surface area (Å²) in [5.41, 5.74) is 0.907. The number of hydrogen-bond donors (Lipinski definition) is 1. The molecule has 5 nitrogen and oxygen atoms in total. The fourth-order valence-electron chi connectivity index (χ4n) is 2.82. The summed E-state index contributed by atoms with van der Waals surface area (Å²) in [6.45, 7) is 7.29. The third kappa shape index (κ3) is 4.15. The second-order valence-electron chi connectivity index (χ2n) is 6.40. The minimum atomic E-state index is -3.57. The molecule has 1 N–H and O–H groups in total. The quantitative estimate of drug-likeness (QED) is 0.881. The lowest BCUT2D eigenvalue weighted by molar-refractivity contribution is 0.186. The molecule has 0 radical (unpaired) electrons. The van der Waals surface area contributed by atoms with Gasteiger partial charge in [-0.15, -0.1) is 0 Å². The Morgan fingerprint density at radius 1 is 1.25 bits per heavy atom. The van der Waals surface area contributed by atoms with Crippen LogP contribution in [0.25, 0.3) is 0 Å². The first-order valence-electron chi connectivity index (χ1n) is 8.20. The predicted octanol–water partition coefficient (Wildman–Crippen LogP) is 3.48. The number of piperidine rings is 1. The number of rotatable bonds is 5. The first kappa shape index (κ1) is 17.4. The molecule has 0 amide bonds. The molecule has 1 aromatic heterocycles. The Morgan fingerprint density at radius 3 is 2.58 bits per heavy atom. The van der Waals surface area contributed by atoms with E-state index in [0.717, 1.165) is 36.1 Å². The third-order valence-corrected chi connectivity index (χ3v) is 6.95. The van der Waals surface area contributed by atoms with E-state index in [2.05, 4.69) is 21.5 Å². The number of aromatic nitrogens is 1. The topological polar surface area (TPSA) is 62.3 Å². The van der Waals surface area contributed by atoms with Crippen LogP contribution in [-0.4, -0.2) is 31.4 Å². The first-order chi connectivity index (χ1) is 11.4. The van der Waals surface area contributed by atoms with Crippen LogP contribution in [0, 0.1) is 12.8 Å². The van der Waals surface area contributed by atoms with Gasteiger partial charge in [-0.25, -0.2) is 13.4 Å². The van der Waals surface area contributed by atoms with Gasteiger partial charge >= 0.3 is 0 Å². The van der Waals surface area contributed by atoms with Crippen LogP contribution in [-0.2, 0) is 16.6 Å². The normalized spacial score (nSPS) is 17.1. The number of anilines is 1. The van der Waals surface area contributed by atoms with Crippen molar-refractivity contribution in [2.24, 2.45) is 5.92 Å². The molecule has 1 saturated heterocycles. The molecule has 24 heavy (non-hydrogen) atoms. The lowest BCUT2D eigenvalue weighted by atomic mass is 9.99. The molecule has 0 bridgehead atoms. The van der Waals surface area contributed by atoms with E-state index in [1.165, 1.54) is 24.2 Å². The standard InChI is InChI=1S/C17H23N3O2S2/c1-13-8-10-20(11-9-13)12-16-14(2)18-17(23-16)19-24(21,22)15-6-4-3-5-7-15/h3-7,13H,8-12H2,1-2H3,(H,18,19). The highest BCUT2D eigenvalue weighted by Crippen LogP contribution is 2.27. The lowest BCUT2D eigenvalue weighted by Gasteiger charge is -2.29. The summed E-state index contributed by atoms with van der Waals surface area (Å²) in [6, 6.07) is 8.39. The molecule has 1 fully saturated rings. The van der Waals surface area contributed by atoms with Crippen LogP contribution >= 0.6 is 11.3 Å². The highest BCUT2D eigenvalue weighted by atomic mass is 32.2. The zero-order chi connectivity index (χ0) is 17.2. The van der Waals surface area contributed by atoms with E-state index in [0.29, 0.717) is 5.13 Å². The van der Waals surface area contributed by atoms with Crippen molar-refractivity contribution in [2.45, 2.75) is 38.1 Å². The Hall–Kier alpha value is -1.44. The molecule has 130 valence electrons. The molecule has 1 aliphatic heterocycles. The highest BCUT2D eigenvalue weighted by molar-refractivity contribution is 7.93. The number of nitrogens with zero attached hydrogens (tertiary/aromatic N) is 2. The van der Waals surface area contributed by atoms with Gasteiger partial charge < -0.3 is 0 Å². The molecule has 2 heterocycles. The smallest absolute Gasteiger partial charge is 0.263 e. The maximum atomic E-state index is 12.4. The van der Waals surface area contributed by atoms with Crippen LogP contribution in [0.1, 0.15) is 30.3 Å². The zero-order valence-electron chi connectivity index (χ0n) is 14.0. The van der Waals surface area contributed by atoms with Gasteiger partial charge in [-0.3, -0.25) is 9.62 Å². The van der Waals surface area contributed by atoms with Crippen molar-refractivity contribution < 1.29 is 8.42 Å². The molecule has 0 unspecified atom stereocenters. The molecule has 0 aliphatic carbocycles. The Labute approximate surface area is 147 Å². The van der Waals surface area contributed by atoms with E-state index in [1.807, 2.05) is 6.92 Å². The van der Waals surface area contributed by atoms with E-state index in [-0.39, 0.29) is 4.90 Å². The average Bonchev–Trinajstić information content (AvgIpc) is 2.89. The van der Waals surface area contributed by atoms with Crippen LogP contribution in [0.3, 0.4) is 0 Å². The van der Waals surface area contributed by atoms with E-state index in [4.69, 9.17) is 0 Å². The van der Waals surface area contributed by atoms with Gasteiger partial charge in [0.2, 0.25) is 0 Å². The van der Waals surface area contributed by atoms with E-state index in [9.17, 15) is 8.42 Å². The number of aryl methyl sites for hydroxylation is 1. The van der Waals surface area contributed by atoms with Gasteiger partial charge in [0, 0.05) is 11.4 Å². The fraction of sp³-hybridized carbons (Fsp3) is 0.471. The highest BCUT2D eigenvalue weighted by Gasteiger charge is 2.20. The van der Waals surface area contributed by atoms with Crippen LogP contribution in [0.5, 0.6) is 0 Å². The SMILES string of the molecule is Cc1nc(NS(=O)(=O)c2ccccc2)sc1CN1CCC(C)CC1. The van der Waals surface area contributed by atoms with E-state index >= 15 is 0 Å². The van der Waals surface area contributed by atoms with Crippen LogP contribution in [0.2, 0.25) is 0 Å². The Morgan fingerprint density at radius 2 is 1.92 bits per heavy atom. The van der Waals surface area contributed by atoms with E-state index in [1.54, 1.807) is 30.3 Å². The van der Waals surface area contributed by atoms with Crippen molar-refractivity contribution in [1.82, 2.24) is 9.88 Å². The van der Waals surface area contributed by atoms with Gasteiger partial charge in [-0.1, -0.05) is 36.5 Å². The number of hydrogen-bond acceptors (Lipinski definition) is 5. The average molecular weight is 366 g/mol. The van der Waals surface area contributed by atoms with Crippen molar-refractivity contribution in [2.75, 3.05) is 17.8 Å². The molecule has 2 aromatic rings. The number of likely N-dealkylation sites (tertiary alicyclic amines) is 1. The zero-order valence-corrected chi connectivity index (χ0v) is 15.7. The Kier molecular flexibility index (Phi) is 5.22. The molecule has 1 aromatic carbocycles. The van der Waals surface area contributed by atoms with Gasteiger partial charge in [-0.2, -0.15) is 0 Å². The molecular weight excluding hydrogens is 342 g/mol. The third-order valence-electron chi connectivity index (χ3n) is 4.41. The maximum absolute atomic E-state index is 12.4. The van der Waals surface area contributed by atoms with E-state index < -0.39 is 10.0 Å². The summed E-state index contributed by atoms with van der Waals surface area (Å²) in [5, 5.41) is 0.441. The maximum Gasteiger partial charge on any atom is 0.263 e. The predicted molar refractivity (Wildman–Crippen MR) is 97.8 cm³/mol. The summed E-state index contributed by atoms with van der Waals surface area (Å²) in [7, 11) is -3.57. The molecule has 7 heteroatoms. The van der Waals surface area contributed by atoms with Gasteiger partial charge in [0.05, 0.1) is 10.6 Å². The van der Waals surface area contributed by atoms with Gasteiger partial charge in [-0.05, 0) is 50.9 Å². The second kappa shape index (κ2) is 7.21. The van der Waals surface area contributed by atoms with Crippen molar-refractivity contribution >= 4 is 26.5 Å². The van der Waals surface area contributed by atoms with Crippen LogP contribution < -0.4 is 4.72 Å². The van der Waals surface area contributed by atoms with Crippen LogP contribution in [0.15, 0.2) is 35.2 Å². The van der Waals surface area contributed by atoms with Crippen molar-refractivity contribution in [1.29, 1.82) is 0 Å². The Balaban J connectivity index is 1.70. The number of thiazole rings is 1. The monoisotopic (exact) mass is 365 g/mol. The largest absolute Gasteiger partial charge is 0.298 e. The van der Waals surface area contributed by atoms with Crippen molar-refractivity contribution in [3.05, 3.63) is 40.9 Å².